The van der Waals surface area contributed by atoms with E-state index in [2.05, 4.69) is 15.3 Å². The van der Waals surface area contributed by atoms with Gasteiger partial charge in [-0.1, -0.05) is 6.07 Å². The van der Waals surface area contributed by atoms with Gasteiger partial charge in [0.1, 0.15) is 5.82 Å². The summed E-state index contributed by atoms with van der Waals surface area (Å²) in [5.74, 6) is -5.83. The van der Waals surface area contributed by atoms with Crippen molar-refractivity contribution in [2.75, 3.05) is 6.61 Å². The number of nitrogens with two attached hydrogens (primary N) is 1. The number of hydrogen-bond donors (Lipinski definition) is 4. The van der Waals surface area contributed by atoms with Crippen LogP contribution in [0.5, 0.6) is 0 Å². The molecule has 9 nitrogen and oxygen atoms in total. The molecule has 0 unspecified atom stereocenters. The highest BCUT2D eigenvalue weighted by atomic mass is 19.4. The third-order valence-electron chi connectivity index (χ3n) is 6.88. The van der Waals surface area contributed by atoms with Crippen molar-refractivity contribution in [3.63, 3.8) is 0 Å². The number of aromatic amines is 1. The lowest BCUT2D eigenvalue weighted by atomic mass is 9.79. The van der Waals surface area contributed by atoms with Crippen molar-refractivity contribution in [1.29, 1.82) is 0 Å². The number of ether oxygens (including phenoxy) is 2. The van der Waals surface area contributed by atoms with Crippen LogP contribution >= 0.6 is 0 Å². The van der Waals surface area contributed by atoms with Gasteiger partial charge in [-0.3, -0.25) is 4.79 Å². The summed E-state index contributed by atoms with van der Waals surface area (Å²) in [5.41, 5.74) is 7.96. The zero-order valence-electron chi connectivity index (χ0n) is 23.1. The number of nitrogens with zero attached hydrogens (tertiary/aromatic N) is 1. The van der Waals surface area contributed by atoms with Crippen molar-refractivity contribution in [1.82, 2.24) is 15.3 Å². The maximum absolute atomic E-state index is 13.1. The normalized spacial score (nSPS) is 19.9. The van der Waals surface area contributed by atoms with Crippen molar-refractivity contribution < 1.29 is 59.3 Å². The number of carbonyl (C=O) groups excluding carboxylic acids is 1. The van der Waals surface area contributed by atoms with E-state index in [0.717, 1.165) is 19.8 Å². The predicted molar refractivity (Wildman–Crippen MR) is 135 cm³/mol. The number of rotatable bonds is 11. The summed E-state index contributed by atoms with van der Waals surface area (Å²) >= 11 is 0. The first kappa shape index (κ1) is 34.4. The lowest BCUT2D eigenvalue weighted by molar-refractivity contribution is -0.227. The average molecular weight is 633 g/mol. The van der Waals surface area contributed by atoms with Gasteiger partial charge in [-0.05, 0) is 50.3 Å². The molecule has 1 aromatic heterocycles. The lowest BCUT2D eigenvalue weighted by Crippen LogP contribution is -2.40. The van der Waals surface area contributed by atoms with E-state index in [1.165, 1.54) is 6.92 Å². The molecule has 2 fully saturated rings. The zero-order valence-corrected chi connectivity index (χ0v) is 23.1. The van der Waals surface area contributed by atoms with Crippen LogP contribution in [0.4, 0.5) is 35.1 Å². The number of nitrogens with one attached hydrogen (secondary N) is 2. The van der Waals surface area contributed by atoms with E-state index in [1.807, 2.05) is 0 Å². The molecule has 17 heteroatoms. The van der Waals surface area contributed by atoms with E-state index >= 15 is 0 Å². The Kier molecular flexibility index (Phi) is 10.7. The molecule has 0 saturated heterocycles. The molecular formula is C26H32F8N4O5. The van der Waals surface area contributed by atoms with Crippen LogP contribution in [0.2, 0.25) is 0 Å². The number of carboxylic acids is 1. The summed E-state index contributed by atoms with van der Waals surface area (Å²) in [6.07, 6.45) is -11.0. The van der Waals surface area contributed by atoms with Crippen molar-refractivity contribution in [2.45, 2.75) is 94.6 Å². The molecule has 1 heterocycles. The van der Waals surface area contributed by atoms with Crippen LogP contribution in [0.25, 0.3) is 11.0 Å². The Morgan fingerprint density at radius 3 is 2.28 bits per heavy atom. The van der Waals surface area contributed by atoms with Crippen LogP contribution < -0.4 is 11.1 Å². The molecule has 4 atom stereocenters. The second-order valence-electron chi connectivity index (χ2n) is 10.7. The number of carboxylic acid groups (broad SMARTS) is 1. The molecule has 43 heavy (non-hydrogen) atoms. The van der Waals surface area contributed by atoms with Gasteiger partial charge in [0, 0.05) is 19.3 Å². The monoisotopic (exact) mass is 632 g/mol. The van der Waals surface area contributed by atoms with Gasteiger partial charge in [-0.15, -0.1) is 0 Å². The van der Waals surface area contributed by atoms with E-state index in [0.29, 0.717) is 16.6 Å². The molecule has 0 radical (unpaired) electrons. The van der Waals surface area contributed by atoms with Gasteiger partial charge < -0.3 is 30.6 Å². The fourth-order valence-electron chi connectivity index (χ4n) is 4.26. The van der Waals surface area contributed by atoms with Gasteiger partial charge in [0.15, 0.2) is 6.10 Å². The second kappa shape index (κ2) is 13.3. The smallest absolute Gasteiger partial charge is 0.475 e. The molecule has 2 saturated carbocycles. The van der Waals surface area contributed by atoms with Gasteiger partial charge in [-0.2, -0.15) is 26.3 Å². The Balaban J connectivity index is 0.000000646. The van der Waals surface area contributed by atoms with E-state index in [1.54, 1.807) is 18.2 Å². The predicted octanol–water partition coefficient (Wildman–Crippen LogP) is 5.32. The van der Waals surface area contributed by atoms with Crippen LogP contribution in [-0.2, 0) is 19.1 Å². The number of carbonyl (C=O) groups is 2. The molecular weight excluding hydrogens is 600 g/mol. The number of fused-ring (bicyclic) bond motifs is 1. The Labute approximate surface area is 240 Å². The van der Waals surface area contributed by atoms with Gasteiger partial charge in [0.25, 0.3) is 0 Å². The number of hydrogen-bond acceptors (Lipinski definition) is 6. The van der Waals surface area contributed by atoms with E-state index in [9.17, 15) is 39.9 Å². The Hall–Kier alpha value is -3.05. The van der Waals surface area contributed by atoms with Gasteiger partial charge in [0.05, 0.1) is 41.9 Å². The summed E-state index contributed by atoms with van der Waals surface area (Å²) in [4.78, 5) is 28.9. The standard InChI is InChI=1S/C24H31F5N4O3.C2HF3O2/c1-12(36-13(2)24(27,28)29)21(30)22-32-17-6-3-15(8-18(17)33-22)19(11-35-16-4-5-16)31-20(34)7-14-9-23(25,26)10-14;3-2(4,5)1(6)7/h3,6,8,12-14,16,19,21H,4-5,7,9-11,30H2,1-2H3,(H,31,34)(H,32,33);(H,6,7)/t12-,13-,19-,21+;/m1./s1. The second-order valence-corrected chi connectivity index (χ2v) is 10.7. The first-order valence-electron chi connectivity index (χ1n) is 13.3. The number of halogens is 8. The SMILES string of the molecule is C[C@@H](O[C@H](C)C(F)(F)F)[C@H](N)c1nc2ccc([C@@H](COC3CC3)NC(=O)CC3CC(F)(F)C3)cc2[nH]1.O=C(O)C(F)(F)F. The van der Waals surface area contributed by atoms with Crippen LogP contribution in [0.3, 0.4) is 0 Å². The van der Waals surface area contributed by atoms with Crippen LogP contribution in [0, 0.1) is 5.92 Å². The maximum Gasteiger partial charge on any atom is 0.490 e. The number of benzene rings is 1. The Morgan fingerprint density at radius 1 is 1.16 bits per heavy atom. The number of H-pyrrole nitrogens is 1. The molecule has 1 aromatic carbocycles. The van der Waals surface area contributed by atoms with Crippen molar-refractivity contribution >= 4 is 22.9 Å². The average Bonchev–Trinajstić information content (AvgIpc) is 3.59. The number of amides is 1. The summed E-state index contributed by atoms with van der Waals surface area (Å²) in [7, 11) is 0. The van der Waals surface area contributed by atoms with Gasteiger partial charge >= 0.3 is 18.3 Å². The Bertz CT molecular complexity index is 1260. The zero-order chi connectivity index (χ0) is 32.3. The molecule has 0 bridgehead atoms. The van der Waals surface area contributed by atoms with Crippen LogP contribution in [0.15, 0.2) is 18.2 Å². The molecule has 242 valence electrons. The summed E-state index contributed by atoms with van der Waals surface area (Å²) in [6.45, 7) is 2.59. The molecule has 2 aliphatic carbocycles. The minimum absolute atomic E-state index is 0.0229. The van der Waals surface area contributed by atoms with Crippen LogP contribution in [-0.4, -0.2) is 70.1 Å². The highest BCUT2D eigenvalue weighted by Crippen LogP contribution is 2.44. The summed E-state index contributed by atoms with van der Waals surface area (Å²) < 4.78 is 107. The third kappa shape index (κ3) is 10.3. The van der Waals surface area contributed by atoms with Crippen molar-refractivity contribution in [2.24, 2.45) is 11.7 Å². The van der Waals surface area contributed by atoms with E-state index in [4.69, 9.17) is 25.1 Å². The quantitative estimate of drug-likeness (QED) is 0.246. The van der Waals surface area contributed by atoms with Crippen molar-refractivity contribution in [3.8, 4) is 0 Å². The highest BCUT2D eigenvalue weighted by Gasteiger charge is 2.46. The third-order valence-corrected chi connectivity index (χ3v) is 6.88. The first-order valence-corrected chi connectivity index (χ1v) is 13.3. The number of aliphatic carboxylic acids is 1. The van der Waals surface area contributed by atoms with E-state index < -0.39 is 48.5 Å². The fraction of sp³-hybridized carbons (Fsp3) is 0.654. The Morgan fingerprint density at radius 2 is 1.77 bits per heavy atom. The summed E-state index contributed by atoms with van der Waals surface area (Å²) in [6, 6.07) is 3.81. The minimum atomic E-state index is -5.08. The molecule has 0 aliphatic heterocycles. The first-order chi connectivity index (χ1) is 19.7. The topological polar surface area (TPSA) is 140 Å². The van der Waals surface area contributed by atoms with E-state index in [-0.39, 0.29) is 49.6 Å². The van der Waals surface area contributed by atoms with Gasteiger partial charge in [0.2, 0.25) is 11.8 Å². The largest absolute Gasteiger partial charge is 0.490 e. The van der Waals surface area contributed by atoms with Crippen molar-refractivity contribution in [3.05, 3.63) is 29.6 Å². The highest BCUT2D eigenvalue weighted by molar-refractivity contribution is 5.78. The number of aromatic nitrogens is 2. The molecule has 0 spiro atoms. The molecule has 4 rings (SSSR count). The fourth-order valence-corrected chi connectivity index (χ4v) is 4.26. The summed E-state index contributed by atoms with van der Waals surface area (Å²) in [5, 5.41) is 10.0. The van der Waals surface area contributed by atoms with Crippen LogP contribution in [0.1, 0.15) is 69.4 Å². The molecule has 1 amide bonds. The maximum atomic E-state index is 13.1. The minimum Gasteiger partial charge on any atom is -0.475 e. The lowest BCUT2D eigenvalue weighted by Gasteiger charge is -2.34. The molecule has 2 aliphatic rings. The van der Waals surface area contributed by atoms with Gasteiger partial charge in [-0.25, -0.2) is 18.6 Å². The number of imidazole rings is 1. The molecule has 5 N–H and O–H groups in total. The number of alkyl halides is 8. The molecule has 2 aromatic rings.